The van der Waals surface area contributed by atoms with Gasteiger partial charge in [0.05, 0.1) is 17.6 Å². The van der Waals surface area contributed by atoms with Gasteiger partial charge < -0.3 is 20.1 Å². The molecule has 1 unspecified atom stereocenters. The number of hydrogen-bond acceptors (Lipinski definition) is 6. The minimum atomic E-state index is -0.167. The summed E-state index contributed by atoms with van der Waals surface area (Å²) in [5.41, 5.74) is 1.99. The Bertz CT molecular complexity index is 971. The lowest BCUT2D eigenvalue weighted by Gasteiger charge is -2.23. The molecule has 1 atom stereocenters. The van der Waals surface area contributed by atoms with Crippen molar-refractivity contribution in [3.8, 4) is 11.5 Å². The fraction of sp³-hybridized carbons (Fsp3) is 0.190. The van der Waals surface area contributed by atoms with Crippen molar-refractivity contribution in [2.45, 2.75) is 12.5 Å². The summed E-state index contributed by atoms with van der Waals surface area (Å²) in [6.45, 7) is 0.664. The number of hydrogen-bond donors (Lipinski definition) is 2. The van der Waals surface area contributed by atoms with Gasteiger partial charge in [-0.05, 0) is 47.9 Å². The molecule has 0 aromatic heterocycles. The van der Waals surface area contributed by atoms with Gasteiger partial charge in [-0.3, -0.25) is 9.59 Å². The van der Waals surface area contributed by atoms with E-state index in [1.165, 1.54) is 11.8 Å². The second-order valence-electron chi connectivity index (χ2n) is 6.65. The Labute approximate surface area is 177 Å². The van der Waals surface area contributed by atoms with Gasteiger partial charge in [0.1, 0.15) is 22.4 Å². The zero-order valence-electron chi connectivity index (χ0n) is 15.3. The molecule has 2 heterocycles. The Hall–Kier alpha value is -2.68. The summed E-state index contributed by atoms with van der Waals surface area (Å²) < 4.78 is 11.6. The van der Waals surface area contributed by atoms with Crippen LogP contribution >= 0.6 is 24.0 Å². The standard InChI is InChI=1S/C21H18N2O4S2/c24-19-12-26-11-15(22-19)9-13-1-5-16(6-2-13)27-17-7-3-14(4-8-17)10-18-20(25)23-21(28)29-18/h1-8,10,15H,9,11-12H2,(H,22,24)(H,23,25,28). The fourth-order valence-corrected chi connectivity index (χ4v) is 4.08. The number of ether oxygens (including phenoxy) is 2. The maximum Gasteiger partial charge on any atom is 0.263 e. The lowest BCUT2D eigenvalue weighted by Crippen LogP contribution is -2.46. The molecule has 2 aliphatic rings. The molecule has 0 bridgehead atoms. The number of carbonyl (C=O) groups excluding carboxylic acids is 2. The summed E-state index contributed by atoms with van der Waals surface area (Å²) >= 11 is 6.25. The number of nitrogens with one attached hydrogen (secondary N) is 2. The zero-order valence-corrected chi connectivity index (χ0v) is 17.0. The van der Waals surface area contributed by atoms with Crippen LogP contribution in [0.2, 0.25) is 0 Å². The number of carbonyl (C=O) groups is 2. The number of thioether (sulfide) groups is 1. The second-order valence-corrected chi connectivity index (χ2v) is 8.37. The number of rotatable bonds is 5. The minimum absolute atomic E-state index is 0.000786. The van der Waals surface area contributed by atoms with Gasteiger partial charge in [0.2, 0.25) is 5.91 Å². The molecule has 0 aliphatic carbocycles. The number of benzene rings is 2. The third-order valence-corrected chi connectivity index (χ3v) is 5.54. The van der Waals surface area contributed by atoms with Crippen LogP contribution in [0.3, 0.4) is 0 Å². The van der Waals surface area contributed by atoms with Crippen LogP contribution in [0.25, 0.3) is 6.08 Å². The smallest absolute Gasteiger partial charge is 0.263 e. The van der Waals surface area contributed by atoms with Gasteiger partial charge in [-0.25, -0.2) is 0 Å². The Morgan fingerprint density at radius 1 is 1.10 bits per heavy atom. The van der Waals surface area contributed by atoms with Crippen molar-refractivity contribution in [2.24, 2.45) is 0 Å². The lowest BCUT2D eigenvalue weighted by atomic mass is 10.1. The van der Waals surface area contributed by atoms with Crippen LogP contribution in [-0.4, -0.2) is 35.4 Å². The van der Waals surface area contributed by atoms with E-state index < -0.39 is 0 Å². The lowest BCUT2D eigenvalue weighted by molar-refractivity contribution is -0.131. The molecule has 2 fully saturated rings. The molecular weight excluding hydrogens is 408 g/mol. The molecule has 4 rings (SSSR count). The number of thiocarbonyl (C=S) groups is 1. The SMILES string of the molecule is O=C1COCC(Cc2ccc(Oc3ccc(C=C4SC(=S)NC4=O)cc3)cc2)N1. The third kappa shape index (κ3) is 5.23. The molecule has 8 heteroatoms. The third-order valence-electron chi connectivity index (χ3n) is 4.38. The van der Waals surface area contributed by atoms with Crippen LogP contribution in [0.5, 0.6) is 11.5 Å². The zero-order chi connectivity index (χ0) is 20.2. The van der Waals surface area contributed by atoms with E-state index in [0.717, 1.165) is 16.9 Å². The monoisotopic (exact) mass is 426 g/mol. The first-order valence-corrected chi connectivity index (χ1v) is 10.3. The molecule has 0 saturated carbocycles. The number of morpholine rings is 1. The molecule has 2 saturated heterocycles. The van der Waals surface area contributed by atoms with E-state index in [1.54, 1.807) is 6.08 Å². The topological polar surface area (TPSA) is 76.7 Å². The van der Waals surface area contributed by atoms with Gasteiger partial charge in [0, 0.05) is 0 Å². The summed E-state index contributed by atoms with van der Waals surface area (Å²) in [7, 11) is 0. The molecule has 0 radical (unpaired) electrons. The predicted octanol–water partition coefficient (Wildman–Crippen LogP) is 3.03. The molecule has 2 N–H and O–H groups in total. The first-order valence-electron chi connectivity index (χ1n) is 9.04. The first-order chi connectivity index (χ1) is 14.0. The Kier molecular flexibility index (Phi) is 5.94. The normalized spacial score (nSPS) is 20.5. The Balaban J connectivity index is 1.35. The van der Waals surface area contributed by atoms with Crippen molar-refractivity contribution in [1.82, 2.24) is 10.6 Å². The van der Waals surface area contributed by atoms with Gasteiger partial charge in [0.25, 0.3) is 5.91 Å². The van der Waals surface area contributed by atoms with E-state index >= 15 is 0 Å². The fourth-order valence-electron chi connectivity index (χ4n) is 3.03. The minimum Gasteiger partial charge on any atom is -0.457 e. The summed E-state index contributed by atoms with van der Waals surface area (Å²) in [5, 5.41) is 5.52. The quantitative estimate of drug-likeness (QED) is 0.565. The maximum absolute atomic E-state index is 11.7. The molecule has 2 amide bonds. The van der Waals surface area contributed by atoms with E-state index in [2.05, 4.69) is 10.6 Å². The Morgan fingerprint density at radius 3 is 2.41 bits per heavy atom. The predicted molar refractivity (Wildman–Crippen MR) is 116 cm³/mol. The van der Waals surface area contributed by atoms with Crippen molar-refractivity contribution in [3.05, 3.63) is 64.6 Å². The largest absolute Gasteiger partial charge is 0.457 e. The van der Waals surface area contributed by atoms with Crippen molar-refractivity contribution in [2.75, 3.05) is 13.2 Å². The molecule has 2 aliphatic heterocycles. The maximum atomic E-state index is 11.7. The molecule has 148 valence electrons. The van der Waals surface area contributed by atoms with Gasteiger partial charge in [-0.15, -0.1) is 0 Å². The van der Waals surface area contributed by atoms with E-state index in [9.17, 15) is 9.59 Å². The van der Waals surface area contributed by atoms with Crippen molar-refractivity contribution in [3.63, 3.8) is 0 Å². The van der Waals surface area contributed by atoms with Crippen LogP contribution in [0.1, 0.15) is 11.1 Å². The van der Waals surface area contributed by atoms with Crippen LogP contribution in [-0.2, 0) is 20.7 Å². The summed E-state index contributed by atoms with van der Waals surface area (Å²) in [6, 6.07) is 15.2. The highest BCUT2D eigenvalue weighted by Crippen LogP contribution is 2.27. The summed E-state index contributed by atoms with van der Waals surface area (Å²) in [6.07, 6.45) is 2.51. The van der Waals surface area contributed by atoms with Crippen LogP contribution < -0.4 is 15.4 Å². The van der Waals surface area contributed by atoms with Crippen LogP contribution in [0.15, 0.2) is 53.4 Å². The van der Waals surface area contributed by atoms with E-state index in [-0.39, 0.29) is 24.5 Å². The van der Waals surface area contributed by atoms with E-state index in [1.807, 2.05) is 48.5 Å². The molecule has 29 heavy (non-hydrogen) atoms. The van der Waals surface area contributed by atoms with Gasteiger partial charge in [-0.2, -0.15) is 0 Å². The highest BCUT2D eigenvalue weighted by atomic mass is 32.2. The molecule has 2 aromatic rings. The molecule has 2 aromatic carbocycles. The number of amides is 2. The van der Waals surface area contributed by atoms with Crippen molar-refractivity contribution >= 4 is 46.2 Å². The Morgan fingerprint density at radius 2 is 1.79 bits per heavy atom. The first kappa shape index (κ1) is 19.6. The van der Waals surface area contributed by atoms with Gasteiger partial charge in [-0.1, -0.05) is 48.2 Å². The van der Waals surface area contributed by atoms with E-state index in [0.29, 0.717) is 28.0 Å². The molecule has 6 nitrogen and oxygen atoms in total. The highest BCUT2D eigenvalue weighted by Gasteiger charge is 2.22. The van der Waals surface area contributed by atoms with Crippen molar-refractivity contribution < 1.29 is 19.1 Å². The van der Waals surface area contributed by atoms with E-state index in [4.69, 9.17) is 21.7 Å². The average Bonchev–Trinajstić information content (AvgIpc) is 3.02. The summed E-state index contributed by atoms with van der Waals surface area (Å²) in [4.78, 5) is 23.7. The average molecular weight is 427 g/mol. The molecular formula is C21H18N2O4S2. The second kappa shape index (κ2) is 8.77. The van der Waals surface area contributed by atoms with Crippen LogP contribution in [0.4, 0.5) is 0 Å². The van der Waals surface area contributed by atoms with Gasteiger partial charge in [0.15, 0.2) is 0 Å². The van der Waals surface area contributed by atoms with Crippen molar-refractivity contribution in [1.29, 1.82) is 0 Å². The highest BCUT2D eigenvalue weighted by molar-refractivity contribution is 8.26. The molecule has 0 spiro atoms. The van der Waals surface area contributed by atoms with Gasteiger partial charge >= 0.3 is 0 Å². The van der Waals surface area contributed by atoms with Crippen LogP contribution in [0, 0.1) is 0 Å². The summed E-state index contributed by atoms with van der Waals surface area (Å²) in [5.74, 6) is 1.18.